The van der Waals surface area contributed by atoms with Gasteiger partial charge in [0.2, 0.25) is 5.13 Å². The van der Waals surface area contributed by atoms with E-state index in [0.717, 1.165) is 11.6 Å². The van der Waals surface area contributed by atoms with E-state index in [2.05, 4.69) is 10.2 Å². The van der Waals surface area contributed by atoms with Gasteiger partial charge in [-0.15, -0.1) is 21.8 Å². The minimum absolute atomic E-state index is 0.0106. The molecule has 0 aliphatic carbocycles. The Bertz CT molecular complexity index is 369. The van der Waals surface area contributed by atoms with Crippen molar-refractivity contribution < 1.29 is 4.79 Å². The molecule has 2 heterocycles. The standard InChI is InChI=1S/C8H11ClN4OS/c1-12-4-5-13(8(12)14)7-11-10-6(15-7)2-3-9/h2-5H2,1H3. The Morgan fingerprint density at radius 1 is 1.47 bits per heavy atom. The molecule has 5 nitrogen and oxygen atoms in total. The first kappa shape index (κ1) is 10.6. The summed E-state index contributed by atoms with van der Waals surface area (Å²) < 4.78 is 0. The van der Waals surface area contributed by atoms with Crippen LogP contribution < -0.4 is 4.90 Å². The van der Waals surface area contributed by atoms with Crippen molar-refractivity contribution in [3.05, 3.63) is 5.01 Å². The first-order valence-corrected chi connectivity index (χ1v) is 5.98. The van der Waals surface area contributed by atoms with Crippen LogP contribution >= 0.6 is 22.9 Å². The Labute approximate surface area is 96.6 Å². The number of likely N-dealkylation sites (N-methyl/N-ethyl adjacent to an activating group) is 1. The summed E-state index contributed by atoms with van der Waals surface area (Å²) in [5, 5.41) is 9.52. The van der Waals surface area contributed by atoms with E-state index in [1.54, 1.807) is 16.8 Å². The minimum atomic E-state index is -0.0106. The van der Waals surface area contributed by atoms with Crippen LogP contribution in [0, 0.1) is 0 Å². The van der Waals surface area contributed by atoms with Crippen LogP contribution in [0.1, 0.15) is 5.01 Å². The van der Waals surface area contributed by atoms with Gasteiger partial charge in [0, 0.05) is 32.4 Å². The third-order valence-corrected chi connectivity index (χ3v) is 3.41. The van der Waals surface area contributed by atoms with Gasteiger partial charge >= 0.3 is 6.03 Å². The van der Waals surface area contributed by atoms with Gasteiger partial charge in [-0.2, -0.15) is 0 Å². The predicted molar refractivity (Wildman–Crippen MR) is 59.7 cm³/mol. The summed E-state index contributed by atoms with van der Waals surface area (Å²) in [4.78, 5) is 15.0. The number of carbonyl (C=O) groups excluding carboxylic acids is 1. The van der Waals surface area contributed by atoms with Gasteiger partial charge in [-0.25, -0.2) is 4.79 Å². The predicted octanol–water partition coefficient (Wildman–Crippen LogP) is 1.19. The highest BCUT2D eigenvalue weighted by molar-refractivity contribution is 7.15. The highest BCUT2D eigenvalue weighted by atomic mass is 35.5. The second kappa shape index (κ2) is 4.32. The fourth-order valence-corrected chi connectivity index (χ4v) is 2.51. The van der Waals surface area contributed by atoms with Crippen LogP contribution in [0.2, 0.25) is 0 Å². The molecule has 0 bridgehead atoms. The summed E-state index contributed by atoms with van der Waals surface area (Å²) in [6.45, 7) is 1.42. The van der Waals surface area contributed by atoms with Crippen LogP contribution in [-0.2, 0) is 6.42 Å². The van der Waals surface area contributed by atoms with Gasteiger partial charge < -0.3 is 4.90 Å². The first-order valence-electron chi connectivity index (χ1n) is 4.63. The Morgan fingerprint density at radius 3 is 2.87 bits per heavy atom. The van der Waals surface area contributed by atoms with Crippen LogP contribution in [0.5, 0.6) is 0 Å². The zero-order valence-electron chi connectivity index (χ0n) is 8.31. The molecular weight excluding hydrogens is 236 g/mol. The van der Waals surface area contributed by atoms with Gasteiger partial charge in [-0.1, -0.05) is 11.3 Å². The van der Waals surface area contributed by atoms with Gasteiger partial charge in [0.25, 0.3) is 0 Å². The lowest BCUT2D eigenvalue weighted by Crippen LogP contribution is -2.29. The van der Waals surface area contributed by atoms with Gasteiger partial charge in [0.1, 0.15) is 5.01 Å². The number of urea groups is 1. The number of hydrogen-bond donors (Lipinski definition) is 0. The smallest absolute Gasteiger partial charge is 0.326 e. The number of carbonyl (C=O) groups is 1. The summed E-state index contributed by atoms with van der Waals surface area (Å²) in [5.41, 5.74) is 0. The molecule has 1 fully saturated rings. The number of aryl methyl sites for hydroxylation is 1. The fourth-order valence-electron chi connectivity index (χ4n) is 1.36. The summed E-state index contributed by atoms with van der Waals surface area (Å²) in [5.74, 6) is 0.530. The molecule has 1 aliphatic heterocycles. The molecule has 82 valence electrons. The molecular formula is C8H11ClN4OS. The molecule has 0 aromatic carbocycles. The van der Waals surface area contributed by atoms with Crippen LogP contribution in [0.15, 0.2) is 0 Å². The Hall–Kier alpha value is -0.880. The van der Waals surface area contributed by atoms with Gasteiger partial charge in [0.05, 0.1) is 0 Å². The molecule has 0 radical (unpaired) electrons. The molecule has 0 N–H and O–H groups in total. The Balaban J connectivity index is 2.12. The summed E-state index contributed by atoms with van der Waals surface area (Å²) >= 11 is 7.04. The Kier molecular flexibility index (Phi) is 3.06. The molecule has 1 saturated heterocycles. The number of anilines is 1. The molecule has 7 heteroatoms. The molecule has 0 unspecified atom stereocenters. The molecule has 0 spiro atoms. The highest BCUT2D eigenvalue weighted by Crippen LogP contribution is 2.23. The molecule has 2 rings (SSSR count). The van der Waals surface area contributed by atoms with E-state index in [-0.39, 0.29) is 6.03 Å². The van der Waals surface area contributed by atoms with E-state index in [1.165, 1.54) is 11.3 Å². The van der Waals surface area contributed by atoms with E-state index < -0.39 is 0 Å². The maximum absolute atomic E-state index is 11.6. The van der Waals surface area contributed by atoms with Crippen molar-refractivity contribution in [3.8, 4) is 0 Å². The maximum Gasteiger partial charge on any atom is 0.326 e. The number of aromatic nitrogens is 2. The zero-order valence-corrected chi connectivity index (χ0v) is 9.88. The second-order valence-electron chi connectivity index (χ2n) is 3.27. The normalized spacial score (nSPS) is 16.5. The average Bonchev–Trinajstić information content (AvgIpc) is 2.77. The lowest BCUT2D eigenvalue weighted by atomic mass is 10.5. The van der Waals surface area contributed by atoms with Crippen molar-refractivity contribution >= 4 is 34.1 Å². The molecule has 2 amide bonds. The number of alkyl halides is 1. The lowest BCUT2D eigenvalue weighted by Gasteiger charge is -2.10. The fraction of sp³-hybridized carbons (Fsp3) is 0.625. The third kappa shape index (κ3) is 2.05. The number of rotatable bonds is 3. The Morgan fingerprint density at radius 2 is 2.27 bits per heavy atom. The van der Waals surface area contributed by atoms with Crippen molar-refractivity contribution in [1.29, 1.82) is 0 Å². The first-order chi connectivity index (χ1) is 7.22. The van der Waals surface area contributed by atoms with Crippen LogP contribution in [-0.4, -0.2) is 47.1 Å². The molecule has 0 saturated carbocycles. The monoisotopic (exact) mass is 246 g/mol. The zero-order chi connectivity index (χ0) is 10.8. The summed E-state index contributed by atoms with van der Waals surface area (Å²) in [6.07, 6.45) is 0.705. The van der Waals surface area contributed by atoms with Crippen LogP contribution in [0.4, 0.5) is 9.93 Å². The largest absolute Gasteiger partial charge is 0.326 e. The van der Waals surface area contributed by atoms with Gasteiger partial charge in [0.15, 0.2) is 0 Å². The van der Waals surface area contributed by atoms with Crippen LogP contribution in [0.3, 0.4) is 0 Å². The second-order valence-corrected chi connectivity index (χ2v) is 4.69. The van der Waals surface area contributed by atoms with E-state index in [1.807, 2.05) is 0 Å². The van der Waals surface area contributed by atoms with Crippen molar-refractivity contribution in [2.45, 2.75) is 6.42 Å². The van der Waals surface area contributed by atoms with Crippen molar-refractivity contribution in [1.82, 2.24) is 15.1 Å². The molecule has 15 heavy (non-hydrogen) atoms. The molecule has 1 aliphatic rings. The molecule has 1 aromatic heterocycles. The number of halogens is 1. The van der Waals surface area contributed by atoms with Crippen molar-refractivity contribution in [2.24, 2.45) is 0 Å². The van der Waals surface area contributed by atoms with E-state index in [0.29, 0.717) is 24.0 Å². The van der Waals surface area contributed by atoms with Gasteiger partial charge in [-0.05, 0) is 0 Å². The lowest BCUT2D eigenvalue weighted by molar-refractivity contribution is 0.229. The summed E-state index contributed by atoms with van der Waals surface area (Å²) in [7, 11) is 1.78. The minimum Gasteiger partial charge on any atom is -0.326 e. The number of hydrogen-bond acceptors (Lipinski definition) is 4. The van der Waals surface area contributed by atoms with E-state index in [9.17, 15) is 4.79 Å². The number of nitrogens with zero attached hydrogens (tertiary/aromatic N) is 4. The highest BCUT2D eigenvalue weighted by Gasteiger charge is 2.29. The number of amides is 2. The van der Waals surface area contributed by atoms with Crippen LogP contribution in [0.25, 0.3) is 0 Å². The molecule has 0 atom stereocenters. The van der Waals surface area contributed by atoms with Crippen molar-refractivity contribution in [3.63, 3.8) is 0 Å². The SMILES string of the molecule is CN1CCN(c2nnc(CCCl)s2)C1=O. The molecule has 1 aromatic rings. The van der Waals surface area contributed by atoms with Crippen molar-refractivity contribution in [2.75, 3.05) is 30.9 Å². The van der Waals surface area contributed by atoms with E-state index in [4.69, 9.17) is 11.6 Å². The van der Waals surface area contributed by atoms with E-state index >= 15 is 0 Å². The summed E-state index contributed by atoms with van der Waals surface area (Å²) in [6, 6.07) is -0.0106. The van der Waals surface area contributed by atoms with Gasteiger partial charge in [-0.3, -0.25) is 4.90 Å². The quantitative estimate of drug-likeness (QED) is 0.753. The average molecular weight is 247 g/mol. The topological polar surface area (TPSA) is 49.3 Å². The maximum atomic E-state index is 11.6. The third-order valence-electron chi connectivity index (χ3n) is 2.21.